The first-order chi connectivity index (χ1) is 10.6. The van der Waals surface area contributed by atoms with Crippen LogP contribution in [0.4, 0.5) is 4.79 Å². The zero-order chi connectivity index (χ0) is 15.8. The van der Waals surface area contributed by atoms with Gasteiger partial charge in [-0.1, -0.05) is 17.7 Å². The van der Waals surface area contributed by atoms with Crippen LogP contribution in [0.2, 0.25) is 5.02 Å². The van der Waals surface area contributed by atoms with Gasteiger partial charge in [0.05, 0.1) is 12.6 Å². The van der Waals surface area contributed by atoms with Gasteiger partial charge in [-0.15, -0.1) is 0 Å². The second kappa shape index (κ2) is 8.24. The minimum atomic E-state index is -0.240. The van der Waals surface area contributed by atoms with Crippen molar-refractivity contribution >= 4 is 17.6 Å². The van der Waals surface area contributed by atoms with E-state index in [9.17, 15) is 4.79 Å². The lowest BCUT2D eigenvalue weighted by Crippen LogP contribution is -2.39. The van der Waals surface area contributed by atoms with Crippen LogP contribution in [0.15, 0.2) is 48.8 Å². The number of carbonyl (C=O) groups excluding carboxylic acids is 1. The van der Waals surface area contributed by atoms with Crippen molar-refractivity contribution in [3.63, 3.8) is 0 Å². The van der Waals surface area contributed by atoms with Crippen molar-refractivity contribution in [1.29, 1.82) is 0 Å². The fourth-order valence-electron chi connectivity index (χ4n) is 1.83. The summed E-state index contributed by atoms with van der Waals surface area (Å²) in [5.74, 6) is 0.718. The molecule has 2 amide bonds. The lowest BCUT2D eigenvalue weighted by Gasteiger charge is -2.14. The number of urea groups is 1. The molecule has 6 heteroatoms. The van der Waals surface area contributed by atoms with Gasteiger partial charge in [0, 0.05) is 17.4 Å². The van der Waals surface area contributed by atoms with Gasteiger partial charge >= 0.3 is 6.03 Å². The molecular formula is C16H18ClN3O2. The minimum Gasteiger partial charge on any atom is -0.492 e. The Hall–Kier alpha value is -2.27. The topological polar surface area (TPSA) is 63.2 Å². The Morgan fingerprint density at radius 2 is 2.09 bits per heavy atom. The van der Waals surface area contributed by atoms with Gasteiger partial charge in [-0.3, -0.25) is 4.98 Å². The van der Waals surface area contributed by atoms with Crippen molar-refractivity contribution in [2.75, 3.05) is 13.2 Å². The van der Waals surface area contributed by atoms with Crippen LogP contribution in [0.3, 0.4) is 0 Å². The Labute approximate surface area is 134 Å². The first-order valence-electron chi connectivity index (χ1n) is 6.98. The SMILES string of the molecule is C[C@@H](NC(=O)NCCOc1ccc(Cl)cc1)c1cccnc1. The van der Waals surface area contributed by atoms with E-state index < -0.39 is 0 Å². The van der Waals surface area contributed by atoms with Crippen LogP contribution >= 0.6 is 11.6 Å². The van der Waals surface area contributed by atoms with Gasteiger partial charge in [-0.25, -0.2) is 4.79 Å². The van der Waals surface area contributed by atoms with Gasteiger partial charge in [0.25, 0.3) is 0 Å². The van der Waals surface area contributed by atoms with Gasteiger partial charge in [0.1, 0.15) is 12.4 Å². The Kier molecular flexibility index (Phi) is 6.03. The molecule has 22 heavy (non-hydrogen) atoms. The van der Waals surface area contributed by atoms with Gasteiger partial charge in [0.2, 0.25) is 0 Å². The summed E-state index contributed by atoms with van der Waals surface area (Å²) in [6.45, 7) is 2.70. The maximum atomic E-state index is 11.8. The Bertz CT molecular complexity index is 590. The predicted octanol–water partition coefficient (Wildman–Crippen LogP) is 3.17. The Balaban J connectivity index is 1.66. The average Bonchev–Trinajstić information content (AvgIpc) is 2.54. The van der Waals surface area contributed by atoms with Crippen LogP contribution in [-0.2, 0) is 0 Å². The molecule has 2 rings (SSSR count). The molecule has 1 atom stereocenters. The van der Waals surface area contributed by atoms with Gasteiger partial charge in [-0.05, 0) is 42.8 Å². The summed E-state index contributed by atoms with van der Waals surface area (Å²) >= 11 is 5.79. The molecule has 0 saturated carbocycles. The maximum Gasteiger partial charge on any atom is 0.315 e. The number of rotatable bonds is 6. The summed E-state index contributed by atoms with van der Waals surface area (Å²) < 4.78 is 5.49. The summed E-state index contributed by atoms with van der Waals surface area (Å²) in [6.07, 6.45) is 3.43. The Morgan fingerprint density at radius 3 is 2.77 bits per heavy atom. The summed E-state index contributed by atoms with van der Waals surface area (Å²) in [7, 11) is 0. The largest absolute Gasteiger partial charge is 0.492 e. The second-order valence-electron chi connectivity index (χ2n) is 4.71. The molecule has 2 aromatic rings. The number of hydrogen-bond acceptors (Lipinski definition) is 3. The zero-order valence-corrected chi connectivity index (χ0v) is 13.0. The van der Waals surface area contributed by atoms with Gasteiger partial charge in [0.15, 0.2) is 0 Å². The molecular weight excluding hydrogens is 302 g/mol. The normalized spacial score (nSPS) is 11.5. The molecule has 5 nitrogen and oxygen atoms in total. The predicted molar refractivity (Wildman–Crippen MR) is 86.1 cm³/mol. The van der Waals surface area contributed by atoms with Crippen LogP contribution in [-0.4, -0.2) is 24.2 Å². The van der Waals surface area contributed by atoms with Crippen molar-refractivity contribution in [2.24, 2.45) is 0 Å². The number of benzene rings is 1. The van der Waals surface area contributed by atoms with Crippen LogP contribution in [0.25, 0.3) is 0 Å². The highest BCUT2D eigenvalue weighted by atomic mass is 35.5. The van der Waals surface area contributed by atoms with Crippen LogP contribution < -0.4 is 15.4 Å². The zero-order valence-electron chi connectivity index (χ0n) is 12.3. The van der Waals surface area contributed by atoms with Crippen molar-refractivity contribution < 1.29 is 9.53 Å². The summed E-state index contributed by atoms with van der Waals surface area (Å²) in [4.78, 5) is 15.8. The molecule has 1 aromatic carbocycles. The number of nitrogens with one attached hydrogen (secondary N) is 2. The van der Waals surface area contributed by atoms with E-state index in [1.54, 1.807) is 36.7 Å². The molecule has 0 spiro atoms. The van der Waals surface area contributed by atoms with Crippen LogP contribution in [0, 0.1) is 0 Å². The summed E-state index contributed by atoms with van der Waals surface area (Å²) in [5.41, 5.74) is 0.954. The first kappa shape index (κ1) is 16.1. The van der Waals surface area contributed by atoms with Crippen molar-refractivity contribution in [3.05, 3.63) is 59.4 Å². The lowest BCUT2D eigenvalue weighted by atomic mass is 10.1. The number of hydrogen-bond donors (Lipinski definition) is 2. The summed E-state index contributed by atoms with van der Waals surface area (Å²) in [6, 6.07) is 10.5. The fraction of sp³-hybridized carbons (Fsp3) is 0.250. The molecule has 1 heterocycles. The van der Waals surface area contributed by atoms with Crippen LogP contribution in [0.5, 0.6) is 5.75 Å². The highest BCUT2D eigenvalue weighted by Gasteiger charge is 2.08. The molecule has 0 saturated heterocycles. The molecule has 116 valence electrons. The molecule has 0 aliphatic heterocycles. The van der Waals surface area contributed by atoms with Crippen LogP contribution in [0.1, 0.15) is 18.5 Å². The number of pyridine rings is 1. The average molecular weight is 320 g/mol. The molecule has 0 bridgehead atoms. The van der Waals surface area contributed by atoms with E-state index in [1.165, 1.54) is 0 Å². The Morgan fingerprint density at radius 1 is 1.32 bits per heavy atom. The quantitative estimate of drug-likeness (QED) is 0.804. The molecule has 0 aliphatic carbocycles. The van der Waals surface area contributed by atoms with Crippen molar-refractivity contribution in [3.8, 4) is 5.75 Å². The first-order valence-corrected chi connectivity index (χ1v) is 7.35. The number of halogens is 1. The van der Waals surface area contributed by atoms with Gasteiger partial charge < -0.3 is 15.4 Å². The van der Waals surface area contributed by atoms with E-state index in [0.717, 1.165) is 11.3 Å². The standard InChI is InChI=1S/C16H18ClN3O2/c1-12(13-3-2-8-18-11-13)20-16(21)19-9-10-22-15-6-4-14(17)5-7-15/h2-8,11-12H,9-10H2,1H3,(H2,19,20,21)/t12-/m1/s1. The number of carbonyl (C=O) groups is 1. The third-order valence-corrected chi connectivity index (χ3v) is 3.25. The summed E-state index contributed by atoms with van der Waals surface area (Å²) in [5, 5.41) is 6.24. The van der Waals surface area contributed by atoms with E-state index in [1.807, 2.05) is 19.1 Å². The van der Waals surface area contributed by atoms with Gasteiger partial charge in [-0.2, -0.15) is 0 Å². The highest BCUT2D eigenvalue weighted by Crippen LogP contribution is 2.15. The number of nitrogens with zero attached hydrogens (tertiary/aromatic N) is 1. The molecule has 0 fully saturated rings. The molecule has 0 aliphatic rings. The molecule has 0 unspecified atom stereocenters. The molecule has 0 radical (unpaired) electrons. The number of amides is 2. The number of ether oxygens (including phenoxy) is 1. The van der Waals surface area contributed by atoms with E-state index in [0.29, 0.717) is 18.2 Å². The minimum absolute atomic E-state index is 0.106. The second-order valence-corrected chi connectivity index (χ2v) is 5.15. The van der Waals surface area contributed by atoms with Crippen molar-refractivity contribution in [2.45, 2.75) is 13.0 Å². The van der Waals surface area contributed by atoms with Crippen molar-refractivity contribution in [1.82, 2.24) is 15.6 Å². The maximum absolute atomic E-state index is 11.8. The van der Waals surface area contributed by atoms with E-state index in [-0.39, 0.29) is 12.1 Å². The third-order valence-electron chi connectivity index (χ3n) is 3.00. The smallest absolute Gasteiger partial charge is 0.315 e. The molecule has 1 aromatic heterocycles. The monoisotopic (exact) mass is 319 g/mol. The van der Waals surface area contributed by atoms with E-state index in [2.05, 4.69) is 15.6 Å². The third kappa shape index (κ3) is 5.26. The lowest BCUT2D eigenvalue weighted by molar-refractivity contribution is 0.233. The molecule has 2 N–H and O–H groups in total. The fourth-order valence-corrected chi connectivity index (χ4v) is 1.95. The van der Waals surface area contributed by atoms with E-state index in [4.69, 9.17) is 16.3 Å². The van der Waals surface area contributed by atoms with E-state index >= 15 is 0 Å². The highest BCUT2D eigenvalue weighted by molar-refractivity contribution is 6.30. The number of aromatic nitrogens is 1.